The molecular weight excluding hydrogens is 265 g/mol. The van der Waals surface area contributed by atoms with E-state index in [2.05, 4.69) is 12.2 Å². The molecule has 0 radical (unpaired) electrons. The molecular formula is C15H21ClFNO. The predicted octanol–water partition coefficient (Wildman–Crippen LogP) is 3.42. The molecule has 0 saturated carbocycles. The zero-order chi connectivity index (χ0) is 13.8. The third-order valence-electron chi connectivity index (χ3n) is 4.02. The molecule has 1 N–H and O–H groups in total. The summed E-state index contributed by atoms with van der Waals surface area (Å²) < 4.78 is 19.7. The highest BCUT2D eigenvalue weighted by Crippen LogP contribution is 2.29. The molecule has 0 aromatic heterocycles. The molecule has 0 spiro atoms. The molecule has 1 aromatic rings. The molecule has 2 rings (SSSR count). The van der Waals surface area contributed by atoms with Gasteiger partial charge >= 0.3 is 0 Å². The molecule has 0 aliphatic carbocycles. The van der Waals surface area contributed by atoms with E-state index in [0.29, 0.717) is 17.9 Å². The fourth-order valence-corrected chi connectivity index (χ4v) is 3.15. The van der Waals surface area contributed by atoms with Crippen molar-refractivity contribution in [3.63, 3.8) is 0 Å². The number of halogens is 2. The van der Waals surface area contributed by atoms with Gasteiger partial charge in [0.15, 0.2) is 0 Å². The van der Waals surface area contributed by atoms with Crippen LogP contribution in [0.5, 0.6) is 0 Å². The lowest BCUT2D eigenvalue weighted by molar-refractivity contribution is 0.0782. The van der Waals surface area contributed by atoms with Crippen molar-refractivity contribution in [3.8, 4) is 0 Å². The lowest BCUT2D eigenvalue weighted by atomic mass is 9.87. The first-order valence-corrected chi connectivity index (χ1v) is 7.27. The number of hydrogen-bond donors (Lipinski definition) is 1. The number of rotatable bonds is 5. The molecule has 1 aliphatic heterocycles. The van der Waals surface area contributed by atoms with Crippen molar-refractivity contribution in [1.29, 1.82) is 0 Å². The molecule has 1 aromatic carbocycles. The van der Waals surface area contributed by atoms with Gasteiger partial charge in [0.05, 0.1) is 11.1 Å². The Labute approximate surface area is 119 Å². The topological polar surface area (TPSA) is 21.3 Å². The SMILES string of the molecule is CCC1OCCC1C(Cc1cccc(Cl)c1F)NC. The van der Waals surface area contributed by atoms with Crippen molar-refractivity contribution in [1.82, 2.24) is 5.32 Å². The zero-order valence-corrected chi connectivity index (χ0v) is 12.2. The Bertz CT molecular complexity index is 427. The van der Waals surface area contributed by atoms with E-state index in [0.717, 1.165) is 19.4 Å². The molecule has 1 fully saturated rings. The van der Waals surface area contributed by atoms with E-state index in [1.165, 1.54) is 0 Å². The van der Waals surface area contributed by atoms with E-state index in [1.807, 2.05) is 13.1 Å². The molecule has 3 atom stereocenters. The van der Waals surface area contributed by atoms with Gasteiger partial charge in [-0.25, -0.2) is 4.39 Å². The van der Waals surface area contributed by atoms with Crippen LogP contribution in [0.2, 0.25) is 5.02 Å². The number of nitrogens with one attached hydrogen (secondary N) is 1. The largest absolute Gasteiger partial charge is 0.378 e. The van der Waals surface area contributed by atoms with Gasteiger partial charge in [-0.05, 0) is 37.9 Å². The van der Waals surface area contributed by atoms with E-state index >= 15 is 0 Å². The second-order valence-electron chi connectivity index (χ2n) is 5.08. The van der Waals surface area contributed by atoms with Crippen molar-refractivity contribution in [2.75, 3.05) is 13.7 Å². The van der Waals surface area contributed by atoms with Crippen LogP contribution in [-0.4, -0.2) is 25.8 Å². The Morgan fingerprint density at radius 1 is 1.53 bits per heavy atom. The van der Waals surface area contributed by atoms with Gasteiger partial charge in [-0.1, -0.05) is 30.7 Å². The fourth-order valence-electron chi connectivity index (χ4n) is 2.96. The molecule has 0 amide bonds. The van der Waals surface area contributed by atoms with Crippen molar-refractivity contribution in [2.45, 2.75) is 38.3 Å². The smallest absolute Gasteiger partial charge is 0.145 e. The first-order chi connectivity index (χ1) is 9.17. The van der Waals surface area contributed by atoms with E-state index in [1.54, 1.807) is 12.1 Å². The van der Waals surface area contributed by atoms with Crippen LogP contribution in [0, 0.1) is 11.7 Å². The lowest BCUT2D eigenvalue weighted by Crippen LogP contribution is -2.39. The number of ether oxygens (including phenoxy) is 1. The van der Waals surface area contributed by atoms with Crippen molar-refractivity contribution < 1.29 is 9.13 Å². The van der Waals surface area contributed by atoms with Crippen LogP contribution in [0.4, 0.5) is 4.39 Å². The molecule has 1 saturated heterocycles. The van der Waals surface area contributed by atoms with Crippen molar-refractivity contribution in [2.24, 2.45) is 5.92 Å². The molecule has 3 unspecified atom stereocenters. The van der Waals surface area contributed by atoms with Gasteiger partial charge in [0.25, 0.3) is 0 Å². The predicted molar refractivity (Wildman–Crippen MR) is 76.1 cm³/mol. The highest BCUT2D eigenvalue weighted by atomic mass is 35.5. The highest BCUT2D eigenvalue weighted by molar-refractivity contribution is 6.30. The zero-order valence-electron chi connectivity index (χ0n) is 11.5. The Balaban J connectivity index is 2.12. The average molecular weight is 286 g/mol. The summed E-state index contributed by atoms with van der Waals surface area (Å²) in [5, 5.41) is 3.51. The van der Waals surface area contributed by atoms with Crippen molar-refractivity contribution >= 4 is 11.6 Å². The summed E-state index contributed by atoms with van der Waals surface area (Å²) in [6, 6.07) is 5.42. The third kappa shape index (κ3) is 3.28. The lowest BCUT2D eigenvalue weighted by Gasteiger charge is -2.27. The number of likely N-dealkylation sites (N-methyl/N-ethyl adjacent to an activating group) is 1. The average Bonchev–Trinajstić information content (AvgIpc) is 2.88. The van der Waals surface area contributed by atoms with E-state index < -0.39 is 0 Å². The van der Waals surface area contributed by atoms with Crippen LogP contribution in [0.1, 0.15) is 25.3 Å². The quantitative estimate of drug-likeness (QED) is 0.895. The summed E-state index contributed by atoms with van der Waals surface area (Å²) in [6.07, 6.45) is 2.96. The van der Waals surface area contributed by atoms with Gasteiger partial charge in [-0.2, -0.15) is 0 Å². The molecule has 0 bridgehead atoms. The number of benzene rings is 1. The maximum Gasteiger partial charge on any atom is 0.145 e. The maximum atomic E-state index is 14.0. The van der Waals surface area contributed by atoms with Gasteiger partial charge in [-0.3, -0.25) is 0 Å². The van der Waals surface area contributed by atoms with Crippen LogP contribution in [-0.2, 0) is 11.2 Å². The Hall–Kier alpha value is -0.640. The van der Waals surface area contributed by atoms with Gasteiger partial charge in [0.1, 0.15) is 5.82 Å². The van der Waals surface area contributed by atoms with Gasteiger partial charge in [0.2, 0.25) is 0 Å². The molecule has 1 heterocycles. The van der Waals surface area contributed by atoms with Crippen LogP contribution in [0.25, 0.3) is 0 Å². The minimum absolute atomic E-state index is 0.196. The van der Waals surface area contributed by atoms with E-state index in [9.17, 15) is 4.39 Å². The summed E-state index contributed by atoms with van der Waals surface area (Å²) >= 11 is 5.84. The van der Waals surface area contributed by atoms with E-state index in [-0.39, 0.29) is 23.0 Å². The van der Waals surface area contributed by atoms with E-state index in [4.69, 9.17) is 16.3 Å². The standard InChI is InChI=1S/C15H21ClFNO/c1-3-14-11(7-8-19-14)13(18-2)9-10-5-4-6-12(16)15(10)17/h4-6,11,13-14,18H,3,7-9H2,1-2H3. The summed E-state index contributed by atoms with van der Waals surface area (Å²) in [6.45, 7) is 2.94. The molecule has 4 heteroatoms. The fraction of sp³-hybridized carbons (Fsp3) is 0.600. The second kappa shape index (κ2) is 6.69. The summed E-state index contributed by atoms with van der Waals surface area (Å²) in [5.74, 6) is 0.143. The minimum atomic E-state index is -0.295. The Kier molecular flexibility index (Phi) is 5.20. The Morgan fingerprint density at radius 3 is 3.00 bits per heavy atom. The van der Waals surface area contributed by atoms with Crippen LogP contribution in [0.15, 0.2) is 18.2 Å². The summed E-state index contributed by atoms with van der Waals surface area (Å²) in [5.41, 5.74) is 0.675. The first-order valence-electron chi connectivity index (χ1n) is 6.89. The number of hydrogen-bond acceptors (Lipinski definition) is 2. The van der Waals surface area contributed by atoms with Gasteiger partial charge in [-0.15, -0.1) is 0 Å². The first kappa shape index (κ1) is 14.8. The highest BCUT2D eigenvalue weighted by Gasteiger charge is 2.33. The molecule has 19 heavy (non-hydrogen) atoms. The monoisotopic (exact) mass is 285 g/mol. The van der Waals surface area contributed by atoms with Crippen molar-refractivity contribution in [3.05, 3.63) is 34.6 Å². The minimum Gasteiger partial charge on any atom is -0.378 e. The molecule has 106 valence electrons. The van der Waals surface area contributed by atoms with Crippen LogP contribution >= 0.6 is 11.6 Å². The Morgan fingerprint density at radius 2 is 2.32 bits per heavy atom. The van der Waals surface area contributed by atoms with Gasteiger partial charge in [0, 0.05) is 18.6 Å². The van der Waals surface area contributed by atoms with Crippen LogP contribution in [0.3, 0.4) is 0 Å². The molecule has 2 nitrogen and oxygen atoms in total. The van der Waals surface area contributed by atoms with Crippen LogP contribution < -0.4 is 5.32 Å². The summed E-state index contributed by atoms with van der Waals surface area (Å²) in [7, 11) is 1.93. The second-order valence-corrected chi connectivity index (χ2v) is 5.49. The maximum absolute atomic E-state index is 14.0. The molecule has 1 aliphatic rings. The normalized spacial score (nSPS) is 24.6. The third-order valence-corrected chi connectivity index (χ3v) is 4.31. The summed E-state index contributed by atoms with van der Waals surface area (Å²) in [4.78, 5) is 0. The van der Waals surface area contributed by atoms with Gasteiger partial charge < -0.3 is 10.1 Å².